The molecule has 26 heavy (non-hydrogen) atoms. The van der Waals surface area contributed by atoms with Crippen LogP contribution < -0.4 is 4.90 Å². The maximum absolute atomic E-state index is 12.7. The van der Waals surface area contributed by atoms with Crippen molar-refractivity contribution in [2.45, 2.75) is 39.0 Å². The van der Waals surface area contributed by atoms with Crippen molar-refractivity contribution < 1.29 is 4.79 Å². The van der Waals surface area contributed by atoms with Crippen LogP contribution in [0.15, 0.2) is 24.4 Å². The van der Waals surface area contributed by atoms with Crippen molar-refractivity contribution >= 4 is 11.7 Å². The third-order valence-electron chi connectivity index (χ3n) is 5.13. The van der Waals surface area contributed by atoms with Gasteiger partial charge in [0.25, 0.3) is 0 Å². The minimum atomic E-state index is 0.203. The number of amides is 1. The van der Waals surface area contributed by atoms with Crippen LogP contribution >= 0.6 is 0 Å². The summed E-state index contributed by atoms with van der Waals surface area (Å²) in [4.78, 5) is 30.9. The molecule has 0 aromatic carbocycles. The van der Waals surface area contributed by atoms with E-state index in [0.29, 0.717) is 12.4 Å². The fraction of sp³-hybridized carbons (Fsp3) is 0.500. The van der Waals surface area contributed by atoms with Crippen LogP contribution in [0.3, 0.4) is 0 Å². The van der Waals surface area contributed by atoms with Crippen molar-refractivity contribution in [1.29, 1.82) is 0 Å². The highest BCUT2D eigenvalue weighted by Gasteiger charge is 2.27. The third-order valence-corrected chi connectivity index (χ3v) is 5.13. The van der Waals surface area contributed by atoms with Gasteiger partial charge in [-0.2, -0.15) is 0 Å². The molecule has 1 aliphatic carbocycles. The maximum Gasteiger partial charge on any atom is 0.242 e. The SMILES string of the molecule is CCCN1CCCN(c2nc(-c3ccccn3)nc3c2CCC3)CC1=O. The molecule has 0 unspecified atom stereocenters. The number of pyridine rings is 1. The summed E-state index contributed by atoms with van der Waals surface area (Å²) >= 11 is 0. The van der Waals surface area contributed by atoms with Gasteiger partial charge in [-0.15, -0.1) is 0 Å². The molecule has 0 radical (unpaired) electrons. The van der Waals surface area contributed by atoms with Gasteiger partial charge in [-0.1, -0.05) is 13.0 Å². The number of carbonyl (C=O) groups is 1. The number of hydrogen-bond acceptors (Lipinski definition) is 5. The van der Waals surface area contributed by atoms with E-state index in [4.69, 9.17) is 9.97 Å². The summed E-state index contributed by atoms with van der Waals surface area (Å²) in [6.45, 7) is 5.06. The van der Waals surface area contributed by atoms with E-state index in [1.165, 1.54) is 5.56 Å². The third kappa shape index (κ3) is 3.28. The zero-order chi connectivity index (χ0) is 17.9. The first-order chi connectivity index (χ1) is 12.8. The number of aryl methyl sites for hydroxylation is 1. The zero-order valence-electron chi connectivity index (χ0n) is 15.3. The number of anilines is 1. The van der Waals surface area contributed by atoms with Crippen molar-refractivity contribution in [3.63, 3.8) is 0 Å². The lowest BCUT2D eigenvalue weighted by molar-refractivity contribution is -0.129. The highest BCUT2D eigenvalue weighted by Crippen LogP contribution is 2.31. The summed E-state index contributed by atoms with van der Waals surface area (Å²) in [5.74, 6) is 1.82. The van der Waals surface area contributed by atoms with E-state index in [1.54, 1.807) is 6.20 Å². The Kier molecular flexibility index (Phi) is 4.82. The maximum atomic E-state index is 12.7. The van der Waals surface area contributed by atoms with Crippen molar-refractivity contribution in [3.8, 4) is 11.5 Å². The summed E-state index contributed by atoms with van der Waals surface area (Å²) in [6, 6.07) is 5.79. The number of carbonyl (C=O) groups excluding carboxylic acids is 1. The minimum absolute atomic E-state index is 0.203. The molecule has 1 aliphatic heterocycles. The van der Waals surface area contributed by atoms with Crippen LogP contribution in [-0.4, -0.2) is 51.9 Å². The molecule has 1 amide bonds. The number of nitrogens with zero attached hydrogens (tertiary/aromatic N) is 5. The Morgan fingerprint density at radius 1 is 1.12 bits per heavy atom. The molecule has 3 heterocycles. The average Bonchev–Trinajstić information content (AvgIpc) is 3.07. The zero-order valence-corrected chi connectivity index (χ0v) is 15.3. The standard InChI is InChI=1S/C20H25N5O/c1-2-11-24-12-6-13-25(14-18(24)26)20-15-7-5-9-16(15)22-19(23-20)17-8-3-4-10-21-17/h3-4,8,10H,2,5-7,9,11-14H2,1H3. The van der Waals surface area contributed by atoms with Crippen LogP contribution in [0.5, 0.6) is 0 Å². The van der Waals surface area contributed by atoms with Crippen LogP contribution in [0.1, 0.15) is 37.4 Å². The normalized spacial score (nSPS) is 17.3. The van der Waals surface area contributed by atoms with Crippen molar-refractivity contribution in [1.82, 2.24) is 19.9 Å². The number of rotatable bonds is 4. The summed E-state index contributed by atoms with van der Waals surface area (Å²) < 4.78 is 0. The Bertz CT molecular complexity index is 792. The van der Waals surface area contributed by atoms with Gasteiger partial charge in [0.1, 0.15) is 11.5 Å². The Morgan fingerprint density at radius 3 is 2.85 bits per heavy atom. The highest BCUT2D eigenvalue weighted by molar-refractivity contribution is 5.82. The summed E-state index contributed by atoms with van der Waals surface area (Å²) in [5, 5.41) is 0. The predicted octanol–water partition coefficient (Wildman–Crippen LogP) is 2.48. The molecule has 1 saturated heterocycles. The van der Waals surface area contributed by atoms with Crippen LogP contribution in [0.2, 0.25) is 0 Å². The highest BCUT2D eigenvalue weighted by atomic mass is 16.2. The summed E-state index contributed by atoms with van der Waals surface area (Å²) in [6.07, 6.45) is 6.82. The molecule has 0 N–H and O–H groups in total. The molecule has 0 bridgehead atoms. The van der Waals surface area contributed by atoms with Gasteiger partial charge in [0, 0.05) is 37.1 Å². The number of fused-ring (bicyclic) bond motifs is 1. The molecule has 4 rings (SSSR count). The Hall–Kier alpha value is -2.50. The molecule has 2 aromatic rings. The second-order valence-corrected chi connectivity index (χ2v) is 7.02. The van der Waals surface area contributed by atoms with Crippen LogP contribution in [0.25, 0.3) is 11.5 Å². The first-order valence-corrected chi connectivity index (χ1v) is 9.60. The van der Waals surface area contributed by atoms with E-state index in [1.807, 2.05) is 23.1 Å². The molecule has 0 spiro atoms. The van der Waals surface area contributed by atoms with Gasteiger partial charge < -0.3 is 9.80 Å². The van der Waals surface area contributed by atoms with Crippen molar-refractivity contribution in [2.24, 2.45) is 0 Å². The van der Waals surface area contributed by atoms with Gasteiger partial charge in [0.05, 0.1) is 6.54 Å². The molecule has 136 valence electrons. The van der Waals surface area contributed by atoms with E-state index in [2.05, 4.69) is 16.8 Å². The quantitative estimate of drug-likeness (QED) is 0.847. The van der Waals surface area contributed by atoms with Crippen LogP contribution in [0.4, 0.5) is 5.82 Å². The molecule has 2 aliphatic rings. The first kappa shape index (κ1) is 16.9. The second-order valence-electron chi connectivity index (χ2n) is 7.02. The van der Waals surface area contributed by atoms with E-state index < -0.39 is 0 Å². The Balaban J connectivity index is 1.69. The lowest BCUT2D eigenvalue weighted by Gasteiger charge is -2.24. The Morgan fingerprint density at radius 2 is 2.04 bits per heavy atom. The average molecular weight is 351 g/mol. The van der Waals surface area contributed by atoms with Gasteiger partial charge in [-0.3, -0.25) is 9.78 Å². The second kappa shape index (κ2) is 7.40. The van der Waals surface area contributed by atoms with Crippen molar-refractivity contribution in [2.75, 3.05) is 31.1 Å². The van der Waals surface area contributed by atoms with Gasteiger partial charge in [0.2, 0.25) is 5.91 Å². The topological polar surface area (TPSA) is 62.2 Å². The van der Waals surface area contributed by atoms with E-state index >= 15 is 0 Å². The fourth-order valence-corrected chi connectivity index (χ4v) is 3.89. The molecular weight excluding hydrogens is 326 g/mol. The Labute approximate surface area is 154 Å². The lowest BCUT2D eigenvalue weighted by atomic mass is 10.2. The molecule has 1 fully saturated rings. The van der Waals surface area contributed by atoms with Gasteiger partial charge >= 0.3 is 0 Å². The van der Waals surface area contributed by atoms with E-state index in [9.17, 15) is 4.79 Å². The molecular formula is C20H25N5O. The fourth-order valence-electron chi connectivity index (χ4n) is 3.89. The smallest absolute Gasteiger partial charge is 0.242 e. The largest absolute Gasteiger partial charge is 0.347 e. The molecule has 6 heteroatoms. The van der Waals surface area contributed by atoms with Crippen LogP contribution in [0, 0.1) is 0 Å². The predicted molar refractivity (Wildman–Crippen MR) is 101 cm³/mol. The van der Waals surface area contributed by atoms with Crippen LogP contribution in [-0.2, 0) is 17.6 Å². The first-order valence-electron chi connectivity index (χ1n) is 9.60. The monoisotopic (exact) mass is 351 g/mol. The molecule has 6 nitrogen and oxygen atoms in total. The lowest BCUT2D eigenvalue weighted by Crippen LogP contribution is -2.37. The molecule has 2 aromatic heterocycles. The minimum Gasteiger partial charge on any atom is -0.347 e. The molecule has 0 saturated carbocycles. The number of hydrogen-bond donors (Lipinski definition) is 0. The van der Waals surface area contributed by atoms with Gasteiger partial charge in [-0.25, -0.2) is 9.97 Å². The summed E-state index contributed by atoms with van der Waals surface area (Å²) in [5.41, 5.74) is 3.14. The number of aromatic nitrogens is 3. The van der Waals surface area contributed by atoms with E-state index in [-0.39, 0.29) is 5.91 Å². The molecule has 0 atom stereocenters. The van der Waals surface area contributed by atoms with Crippen molar-refractivity contribution in [3.05, 3.63) is 35.7 Å². The summed E-state index contributed by atoms with van der Waals surface area (Å²) in [7, 11) is 0. The van der Waals surface area contributed by atoms with Gasteiger partial charge in [0.15, 0.2) is 5.82 Å². The van der Waals surface area contributed by atoms with Gasteiger partial charge in [-0.05, 0) is 44.2 Å². The van der Waals surface area contributed by atoms with E-state index in [0.717, 1.165) is 68.9 Å².